The molecular formula is C20H27N3O3. The molecule has 0 bridgehead atoms. The van der Waals surface area contributed by atoms with Crippen LogP contribution in [0.4, 0.5) is 5.69 Å². The van der Waals surface area contributed by atoms with Crippen molar-refractivity contribution in [3.05, 3.63) is 29.8 Å². The molecule has 1 saturated heterocycles. The molecule has 2 rings (SSSR count). The quantitative estimate of drug-likeness (QED) is 0.571. The zero-order chi connectivity index (χ0) is 18.8. The van der Waals surface area contributed by atoms with Crippen LogP contribution in [0.25, 0.3) is 0 Å². The normalized spacial score (nSPS) is 17.3. The van der Waals surface area contributed by atoms with Gasteiger partial charge >= 0.3 is 5.97 Å². The monoisotopic (exact) mass is 357 g/mol. The van der Waals surface area contributed by atoms with Gasteiger partial charge in [0.2, 0.25) is 5.91 Å². The van der Waals surface area contributed by atoms with Crippen molar-refractivity contribution < 1.29 is 14.3 Å². The Balaban J connectivity index is 1.91. The number of nitrogens with one attached hydrogen (secondary N) is 1. The summed E-state index contributed by atoms with van der Waals surface area (Å²) in [7, 11) is 0. The van der Waals surface area contributed by atoms with Crippen molar-refractivity contribution in [2.24, 2.45) is 5.92 Å². The van der Waals surface area contributed by atoms with E-state index in [0.29, 0.717) is 37.4 Å². The maximum absolute atomic E-state index is 12.6. The maximum atomic E-state index is 12.6. The van der Waals surface area contributed by atoms with Crippen molar-refractivity contribution in [3.8, 4) is 6.07 Å². The summed E-state index contributed by atoms with van der Waals surface area (Å²) in [5, 5.41) is 11.6. The molecule has 1 aromatic rings. The molecular weight excluding hydrogens is 330 g/mol. The van der Waals surface area contributed by atoms with Crippen molar-refractivity contribution in [1.82, 2.24) is 4.90 Å². The summed E-state index contributed by atoms with van der Waals surface area (Å²) in [5.41, 5.74) is 1.05. The highest BCUT2D eigenvalue weighted by Gasteiger charge is 2.25. The second kappa shape index (κ2) is 10.6. The smallest absolute Gasteiger partial charge is 0.338 e. The summed E-state index contributed by atoms with van der Waals surface area (Å²) in [6.07, 6.45) is 4.08. The number of nitriles is 1. The van der Waals surface area contributed by atoms with Gasteiger partial charge in [0.1, 0.15) is 0 Å². The number of benzene rings is 1. The predicted molar refractivity (Wildman–Crippen MR) is 99.7 cm³/mol. The zero-order valence-electron chi connectivity index (χ0n) is 15.4. The van der Waals surface area contributed by atoms with Crippen molar-refractivity contribution in [3.63, 3.8) is 0 Å². The van der Waals surface area contributed by atoms with E-state index < -0.39 is 0 Å². The lowest BCUT2D eigenvalue weighted by Crippen LogP contribution is -2.41. The van der Waals surface area contributed by atoms with E-state index in [4.69, 9.17) is 10.00 Å². The molecule has 6 heteroatoms. The highest BCUT2D eigenvalue weighted by molar-refractivity contribution is 5.95. The largest absolute Gasteiger partial charge is 0.462 e. The topological polar surface area (TPSA) is 82.4 Å². The van der Waals surface area contributed by atoms with Gasteiger partial charge in [0.05, 0.1) is 24.2 Å². The molecule has 1 atom stereocenters. The first-order valence-corrected chi connectivity index (χ1v) is 9.31. The first kappa shape index (κ1) is 19.9. The average molecular weight is 357 g/mol. The summed E-state index contributed by atoms with van der Waals surface area (Å²) in [6, 6.07) is 9.01. The van der Waals surface area contributed by atoms with Gasteiger partial charge < -0.3 is 15.0 Å². The lowest BCUT2D eigenvalue weighted by Gasteiger charge is -2.31. The number of hydrogen-bond acceptors (Lipinski definition) is 5. The van der Waals surface area contributed by atoms with Crippen molar-refractivity contribution >= 4 is 17.6 Å². The third kappa shape index (κ3) is 6.16. The molecule has 0 aromatic heterocycles. The van der Waals surface area contributed by atoms with Crippen molar-refractivity contribution in [2.75, 3.05) is 31.6 Å². The van der Waals surface area contributed by atoms with Gasteiger partial charge in [0, 0.05) is 25.2 Å². The van der Waals surface area contributed by atoms with Crippen LogP contribution in [-0.2, 0) is 9.53 Å². The minimum absolute atomic E-state index is 0.0387. The van der Waals surface area contributed by atoms with E-state index in [2.05, 4.69) is 16.3 Å². The van der Waals surface area contributed by atoms with Crippen LogP contribution >= 0.6 is 0 Å². The van der Waals surface area contributed by atoms with Crippen molar-refractivity contribution in [1.29, 1.82) is 5.26 Å². The fourth-order valence-corrected chi connectivity index (χ4v) is 3.04. The highest BCUT2D eigenvalue weighted by atomic mass is 16.5. The Morgan fingerprint density at radius 3 is 3.04 bits per heavy atom. The molecule has 1 aliphatic heterocycles. The Hall–Kier alpha value is -2.39. The second-order valence-corrected chi connectivity index (χ2v) is 6.61. The number of piperidine rings is 1. The fourth-order valence-electron chi connectivity index (χ4n) is 3.04. The minimum atomic E-state index is -0.366. The lowest BCUT2D eigenvalue weighted by atomic mass is 9.97. The lowest BCUT2D eigenvalue weighted by molar-refractivity contribution is -0.121. The molecule has 140 valence electrons. The van der Waals surface area contributed by atoms with Gasteiger partial charge in [-0.1, -0.05) is 19.4 Å². The number of ether oxygens (including phenoxy) is 1. The van der Waals surface area contributed by atoms with Gasteiger partial charge in [-0.3, -0.25) is 4.79 Å². The van der Waals surface area contributed by atoms with Crippen LogP contribution < -0.4 is 5.32 Å². The number of likely N-dealkylation sites (tertiary alicyclic amines) is 1. The summed E-state index contributed by atoms with van der Waals surface area (Å²) in [6.45, 7) is 4.76. The molecule has 1 amide bonds. The number of anilines is 1. The van der Waals surface area contributed by atoms with Gasteiger partial charge in [-0.25, -0.2) is 4.79 Å². The Morgan fingerprint density at radius 2 is 2.27 bits per heavy atom. The van der Waals surface area contributed by atoms with E-state index in [1.165, 1.54) is 0 Å². The number of carbonyl (C=O) groups is 2. The first-order chi connectivity index (χ1) is 12.6. The first-order valence-electron chi connectivity index (χ1n) is 9.31. The van der Waals surface area contributed by atoms with E-state index in [1.807, 2.05) is 6.92 Å². The number of nitrogens with zero attached hydrogens (tertiary/aromatic N) is 2. The molecule has 1 fully saturated rings. The van der Waals surface area contributed by atoms with Crippen LogP contribution in [0.5, 0.6) is 0 Å². The maximum Gasteiger partial charge on any atom is 0.338 e. The summed E-state index contributed by atoms with van der Waals surface area (Å²) in [4.78, 5) is 26.8. The summed E-state index contributed by atoms with van der Waals surface area (Å²) in [5.74, 6) is -0.499. The number of rotatable bonds is 8. The second-order valence-electron chi connectivity index (χ2n) is 6.61. The van der Waals surface area contributed by atoms with Crippen LogP contribution in [-0.4, -0.2) is 43.0 Å². The molecule has 0 spiro atoms. The Morgan fingerprint density at radius 1 is 1.42 bits per heavy atom. The van der Waals surface area contributed by atoms with E-state index >= 15 is 0 Å². The Bertz CT molecular complexity index is 654. The molecule has 1 aliphatic rings. The molecule has 0 saturated carbocycles. The van der Waals surface area contributed by atoms with Gasteiger partial charge in [0.25, 0.3) is 0 Å². The summed E-state index contributed by atoms with van der Waals surface area (Å²) >= 11 is 0. The number of carbonyl (C=O) groups excluding carboxylic acids is 2. The molecule has 0 radical (unpaired) electrons. The third-order valence-corrected chi connectivity index (χ3v) is 4.51. The van der Waals surface area contributed by atoms with Crippen LogP contribution in [0.15, 0.2) is 24.3 Å². The van der Waals surface area contributed by atoms with Crippen LogP contribution in [0.2, 0.25) is 0 Å². The number of unbranched alkanes of at least 4 members (excludes halogenated alkanes) is 1. The Labute approximate surface area is 155 Å². The van der Waals surface area contributed by atoms with Gasteiger partial charge in [-0.15, -0.1) is 0 Å². The van der Waals surface area contributed by atoms with Crippen LogP contribution in [0.1, 0.15) is 49.4 Å². The van der Waals surface area contributed by atoms with E-state index in [9.17, 15) is 9.59 Å². The number of esters is 1. The van der Waals surface area contributed by atoms with Crippen molar-refractivity contribution in [2.45, 2.75) is 39.0 Å². The standard InChI is InChI=1S/C20H27N3O3/c1-2-3-13-26-20(25)16-7-4-9-18(14-16)22-19(24)17-8-5-11-23(15-17)12-6-10-21/h4,7,9,14,17H,2-3,5-6,8,11-13,15H2,1H3,(H,22,24). The predicted octanol–water partition coefficient (Wildman–Crippen LogP) is 3.21. The SMILES string of the molecule is CCCCOC(=O)c1cccc(NC(=O)C2CCCN(CCC#N)C2)c1. The molecule has 0 aliphatic carbocycles. The zero-order valence-corrected chi connectivity index (χ0v) is 15.4. The van der Waals surface area contributed by atoms with Crippen LogP contribution in [0, 0.1) is 17.2 Å². The molecule has 6 nitrogen and oxygen atoms in total. The highest BCUT2D eigenvalue weighted by Crippen LogP contribution is 2.20. The van der Waals surface area contributed by atoms with E-state index in [0.717, 1.165) is 32.2 Å². The fraction of sp³-hybridized carbons (Fsp3) is 0.550. The van der Waals surface area contributed by atoms with Gasteiger partial charge in [-0.2, -0.15) is 5.26 Å². The molecule has 1 unspecified atom stereocenters. The third-order valence-electron chi connectivity index (χ3n) is 4.51. The minimum Gasteiger partial charge on any atom is -0.462 e. The van der Waals surface area contributed by atoms with Gasteiger partial charge in [0.15, 0.2) is 0 Å². The van der Waals surface area contributed by atoms with E-state index in [-0.39, 0.29) is 17.8 Å². The van der Waals surface area contributed by atoms with Crippen LogP contribution in [0.3, 0.4) is 0 Å². The van der Waals surface area contributed by atoms with E-state index in [1.54, 1.807) is 24.3 Å². The Kier molecular flexibility index (Phi) is 8.10. The number of amides is 1. The van der Waals surface area contributed by atoms with Gasteiger partial charge in [-0.05, 0) is 44.0 Å². The molecule has 1 aromatic carbocycles. The molecule has 1 N–H and O–H groups in total. The summed E-state index contributed by atoms with van der Waals surface area (Å²) < 4.78 is 5.21. The average Bonchev–Trinajstić information content (AvgIpc) is 2.67. The molecule has 26 heavy (non-hydrogen) atoms. The molecule has 1 heterocycles. The number of hydrogen-bond donors (Lipinski definition) is 1.